The number of rotatable bonds is 4. The van der Waals surface area contributed by atoms with Crippen molar-refractivity contribution in [3.63, 3.8) is 0 Å². The lowest BCUT2D eigenvalue weighted by atomic mass is 10.1. The third kappa shape index (κ3) is 3.42. The number of hydrogen-bond acceptors (Lipinski definition) is 5. The Labute approximate surface area is 131 Å². The van der Waals surface area contributed by atoms with Gasteiger partial charge in [-0.3, -0.25) is 0 Å². The minimum Gasteiger partial charge on any atom is -0.372 e. The van der Waals surface area contributed by atoms with Gasteiger partial charge < -0.3 is 5.32 Å². The van der Waals surface area contributed by atoms with Crippen molar-refractivity contribution >= 4 is 39.7 Å². The lowest BCUT2D eigenvalue weighted by Gasteiger charge is -2.11. The highest BCUT2D eigenvalue weighted by molar-refractivity contribution is 14.1. The summed E-state index contributed by atoms with van der Waals surface area (Å²) >= 11 is 3.93. The van der Waals surface area contributed by atoms with Crippen LogP contribution in [0, 0.1) is 16.4 Å². The molecule has 102 valence electrons. The van der Waals surface area contributed by atoms with E-state index < -0.39 is 0 Å². The van der Waals surface area contributed by atoms with E-state index in [0.29, 0.717) is 11.7 Å². The summed E-state index contributed by atoms with van der Waals surface area (Å²) in [6.45, 7) is 6.39. The number of hydrogen-bond donors (Lipinski definition) is 1. The molecule has 4 nitrogen and oxygen atoms in total. The number of anilines is 1. The average molecular weight is 388 g/mol. The molecule has 2 rings (SSSR count). The summed E-state index contributed by atoms with van der Waals surface area (Å²) in [7, 11) is 1.89. The van der Waals surface area contributed by atoms with Crippen LogP contribution in [0.25, 0.3) is 11.5 Å². The molecule has 0 aliphatic heterocycles. The highest BCUT2D eigenvalue weighted by Gasteiger charge is 2.15. The number of halogens is 1. The van der Waals surface area contributed by atoms with Crippen LogP contribution in [-0.4, -0.2) is 22.0 Å². The van der Waals surface area contributed by atoms with E-state index in [9.17, 15) is 0 Å². The minimum atomic E-state index is 0.568. The van der Waals surface area contributed by atoms with Crippen LogP contribution >= 0.6 is 33.9 Å². The van der Waals surface area contributed by atoms with Crippen LogP contribution < -0.4 is 5.32 Å². The molecule has 0 saturated carbocycles. The van der Waals surface area contributed by atoms with Crippen molar-refractivity contribution in [3.8, 4) is 11.5 Å². The molecule has 2 aromatic rings. The maximum absolute atomic E-state index is 4.69. The van der Waals surface area contributed by atoms with E-state index in [2.05, 4.69) is 51.7 Å². The monoisotopic (exact) mass is 388 g/mol. The normalized spacial score (nSPS) is 11.1. The zero-order chi connectivity index (χ0) is 14.0. The second-order valence-corrected chi connectivity index (χ2v) is 6.90. The Morgan fingerprint density at radius 1 is 1.32 bits per heavy atom. The van der Waals surface area contributed by atoms with E-state index in [4.69, 9.17) is 4.98 Å². The van der Waals surface area contributed by atoms with Crippen molar-refractivity contribution in [2.75, 3.05) is 12.4 Å². The van der Waals surface area contributed by atoms with Gasteiger partial charge in [0.1, 0.15) is 11.5 Å². The quantitative estimate of drug-likeness (QED) is 0.811. The van der Waals surface area contributed by atoms with Crippen molar-refractivity contribution in [2.24, 2.45) is 5.92 Å². The fraction of sp³-hybridized carbons (Fsp3) is 0.462. The van der Waals surface area contributed by atoms with Gasteiger partial charge in [-0.2, -0.15) is 0 Å². The fourth-order valence-electron chi connectivity index (χ4n) is 1.76. The van der Waals surface area contributed by atoms with Crippen LogP contribution in [0.3, 0.4) is 0 Å². The molecule has 0 bridgehead atoms. The average Bonchev–Trinajstić information content (AvgIpc) is 2.78. The SMILES string of the molecule is CNc1nc(-c2csc(C)n2)nc(CC(C)C)c1I. The molecule has 0 fully saturated rings. The van der Waals surface area contributed by atoms with Crippen LogP contribution in [0.5, 0.6) is 0 Å². The van der Waals surface area contributed by atoms with Crippen LogP contribution in [-0.2, 0) is 6.42 Å². The molecule has 0 aromatic carbocycles. The first-order chi connectivity index (χ1) is 9.01. The van der Waals surface area contributed by atoms with Crippen LogP contribution in [0.15, 0.2) is 5.38 Å². The van der Waals surface area contributed by atoms with E-state index in [1.54, 1.807) is 11.3 Å². The summed E-state index contributed by atoms with van der Waals surface area (Å²) in [5, 5.41) is 6.19. The molecule has 6 heteroatoms. The van der Waals surface area contributed by atoms with Crippen molar-refractivity contribution < 1.29 is 0 Å². The lowest BCUT2D eigenvalue weighted by Crippen LogP contribution is -2.08. The molecule has 1 N–H and O–H groups in total. The molecule has 0 saturated heterocycles. The Morgan fingerprint density at radius 3 is 2.58 bits per heavy atom. The maximum atomic E-state index is 4.69. The van der Waals surface area contributed by atoms with Gasteiger partial charge in [0, 0.05) is 12.4 Å². The summed E-state index contributed by atoms with van der Waals surface area (Å²) in [6.07, 6.45) is 0.950. The predicted molar refractivity (Wildman–Crippen MR) is 88.7 cm³/mol. The first-order valence-corrected chi connectivity index (χ1v) is 8.13. The van der Waals surface area contributed by atoms with E-state index in [1.807, 2.05) is 19.4 Å². The van der Waals surface area contributed by atoms with E-state index in [-0.39, 0.29) is 0 Å². The summed E-state index contributed by atoms with van der Waals surface area (Å²) < 4.78 is 1.10. The Bertz CT molecular complexity index is 580. The second-order valence-electron chi connectivity index (χ2n) is 4.76. The van der Waals surface area contributed by atoms with Gasteiger partial charge in [0.15, 0.2) is 5.82 Å². The molecule has 2 heterocycles. The van der Waals surface area contributed by atoms with Gasteiger partial charge in [-0.25, -0.2) is 15.0 Å². The van der Waals surface area contributed by atoms with Crippen molar-refractivity contribution in [2.45, 2.75) is 27.2 Å². The highest BCUT2D eigenvalue weighted by Crippen LogP contribution is 2.26. The first kappa shape index (κ1) is 14.6. The zero-order valence-electron chi connectivity index (χ0n) is 11.5. The standard InChI is InChI=1S/C13H17IN4S/c1-7(2)5-9-11(14)13(15-4)18-12(17-9)10-6-19-8(3)16-10/h6-7H,5H2,1-4H3,(H,15,17,18). The molecule has 0 amide bonds. The van der Waals surface area contributed by atoms with Crippen LogP contribution in [0.2, 0.25) is 0 Å². The summed E-state index contributed by atoms with van der Waals surface area (Å²) in [6, 6.07) is 0. The molecule has 19 heavy (non-hydrogen) atoms. The highest BCUT2D eigenvalue weighted by atomic mass is 127. The van der Waals surface area contributed by atoms with Gasteiger partial charge in [-0.15, -0.1) is 11.3 Å². The molecule has 0 atom stereocenters. The second kappa shape index (κ2) is 6.13. The van der Waals surface area contributed by atoms with Gasteiger partial charge in [0.25, 0.3) is 0 Å². The molecular weight excluding hydrogens is 371 g/mol. The first-order valence-electron chi connectivity index (χ1n) is 6.18. The smallest absolute Gasteiger partial charge is 0.181 e. The minimum absolute atomic E-state index is 0.568. The molecule has 0 spiro atoms. The number of aryl methyl sites for hydroxylation is 1. The van der Waals surface area contributed by atoms with Gasteiger partial charge >= 0.3 is 0 Å². The van der Waals surface area contributed by atoms with Gasteiger partial charge in [0.2, 0.25) is 0 Å². The summed E-state index contributed by atoms with van der Waals surface area (Å²) in [5.41, 5.74) is 1.95. The largest absolute Gasteiger partial charge is 0.372 e. The van der Waals surface area contributed by atoms with Crippen LogP contribution in [0.1, 0.15) is 24.5 Å². The number of nitrogens with one attached hydrogen (secondary N) is 1. The maximum Gasteiger partial charge on any atom is 0.181 e. The van der Waals surface area contributed by atoms with E-state index in [1.165, 1.54) is 0 Å². The van der Waals surface area contributed by atoms with Gasteiger partial charge in [-0.05, 0) is 41.9 Å². The Balaban J connectivity index is 2.50. The van der Waals surface area contributed by atoms with Crippen molar-refractivity contribution in [1.82, 2.24) is 15.0 Å². The molecule has 0 aliphatic rings. The zero-order valence-corrected chi connectivity index (χ0v) is 14.5. The predicted octanol–water partition coefficient (Wildman–Crippen LogP) is 3.75. The Hall–Kier alpha value is -0.760. The van der Waals surface area contributed by atoms with Crippen molar-refractivity contribution in [1.29, 1.82) is 0 Å². The summed E-state index contributed by atoms with van der Waals surface area (Å²) in [5.74, 6) is 2.16. The Morgan fingerprint density at radius 2 is 2.05 bits per heavy atom. The molecular formula is C13H17IN4S. The molecule has 0 aliphatic carbocycles. The van der Waals surface area contributed by atoms with E-state index >= 15 is 0 Å². The number of aromatic nitrogens is 3. The van der Waals surface area contributed by atoms with Gasteiger partial charge in [0.05, 0.1) is 14.3 Å². The lowest BCUT2D eigenvalue weighted by molar-refractivity contribution is 0.632. The summed E-state index contributed by atoms with van der Waals surface area (Å²) in [4.78, 5) is 13.7. The third-order valence-corrected chi connectivity index (χ3v) is 4.51. The third-order valence-electron chi connectivity index (χ3n) is 2.61. The number of thiazole rings is 1. The Kier molecular flexibility index (Phi) is 4.72. The number of nitrogens with zero attached hydrogens (tertiary/aromatic N) is 3. The molecule has 0 unspecified atom stereocenters. The fourth-order valence-corrected chi connectivity index (χ4v) is 3.08. The van der Waals surface area contributed by atoms with Crippen LogP contribution in [0.4, 0.5) is 5.82 Å². The molecule has 2 aromatic heterocycles. The topological polar surface area (TPSA) is 50.7 Å². The van der Waals surface area contributed by atoms with Gasteiger partial charge in [-0.1, -0.05) is 13.8 Å². The van der Waals surface area contributed by atoms with E-state index in [0.717, 1.165) is 32.2 Å². The molecule has 0 radical (unpaired) electrons. The van der Waals surface area contributed by atoms with Crippen molar-refractivity contribution in [3.05, 3.63) is 19.7 Å².